The summed E-state index contributed by atoms with van der Waals surface area (Å²) >= 11 is 0. The number of aromatic hydroxyl groups is 1. The molecular weight excluding hydrogens is 1050 g/mol. The maximum Gasteiger partial charge on any atom is 0.338 e. The average molecular weight is 1120 g/mol. The molecule has 0 spiro atoms. The van der Waals surface area contributed by atoms with E-state index in [-0.39, 0.29) is 30.8 Å². The molecule has 15 heteroatoms. The van der Waals surface area contributed by atoms with Gasteiger partial charge in [-0.15, -0.1) is 0 Å². The Balaban J connectivity index is 0.978. The second kappa shape index (κ2) is 22.0. The minimum absolute atomic E-state index is 0.0636. The highest BCUT2D eigenvalue weighted by Crippen LogP contribution is 2.63. The van der Waals surface area contributed by atoms with Gasteiger partial charge in [0.05, 0.1) is 45.0 Å². The van der Waals surface area contributed by atoms with E-state index < -0.39 is 125 Å². The van der Waals surface area contributed by atoms with Crippen LogP contribution in [0.2, 0.25) is 0 Å². The van der Waals surface area contributed by atoms with E-state index in [0.29, 0.717) is 10.8 Å². The third kappa shape index (κ3) is 11.1. The second-order valence-corrected chi connectivity index (χ2v) is 25.0. The number of ether oxygens (including phenoxy) is 5. The van der Waals surface area contributed by atoms with Gasteiger partial charge in [0, 0.05) is 11.5 Å². The molecule has 6 atom stereocenters. The van der Waals surface area contributed by atoms with Crippen molar-refractivity contribution in [1.29, 1.82) is 0 Å². The van der Waals surface area contributed by atoms with Crippen LogP contribution in [-0.2, 0) is 64.5 Å². The first-order chi connectivity index (χ1) is 39.3. The Morgan fingerprint density at radius 1 is 0.602 bits per heavy atom. The van der Waals surface area contributed by atoms with Crippen LogP contribution in [-0.4, -0.2) is 83.4 Å². The van der Waals surface area contributed by atoms with Crippen LogP contribution in [0.3, 0.4) is 0 Å². The summed E-state index contributed by atoms with van der Waals surface area (Å²) in [6.07, 6.45) is -2.44. The van der Waals surface area contributed by atoms with Gasteiger partial charge in [0.15, 0.2) is 0 Å². The predicted octanol–water partition coefficient (Wildman–Crippen LogP) is 10.7. The third-order valence-corrected chi connectivity index (χ3v) is 16.9. The number of phenols is 1. The van der Waals surface area contributed by atoms with Crippen molar-refractivity contribution in [2.24, 2.45) is 34.0 Å². The van der Waals surface area contributed by atoms with Gasteiger partial charge in [-0.25, -0.2) is 4.79 Å². The molecule has 7 aromatic carbocycles. The zero-order valence-electron chi connectivity index (χ0n) is 47.9. The number of aliphatic hydroxyl groups is 1. The summed E-state index contributed by atoms with van der Waals surface area (Å²) in [5, 5.41) is 28.7. The van der Waals surface area contributed by atoms with Crippen molar-refractivity contribution in [2.75, 3.05) is 19.8 Å². The SMILES string of the molecule is CC(CC(C)(CC(C)(CC(C)(C)C(=O)OCc1c2ccccc2cc2ccccc12)C(=O)OCC12c3ccccc3C(c3ccccc31)C1C(=O)NC(=O)C12)C(=O)OCC(O)COC(=O)c1ccc2cc(O)ccc2c1)C(=O)OC(C)(C)C. The minimum atomic E-state index is -1.81. The number of amides is 2. The van der Waals surface area contributed by atoms with Crippen molar-refractivity contribution >= 4 is 74.0 Å². The molecule has 11 rings (SSSR count). The number of esters is 5. The van der Waals surface area contributed by atoms with Crippen molar-refractivity contribution in [3.63, 3.8) is 0 Å². The highest BCUT2D eigenvalue weighted by Gasteiger charge is 2.67. The molecule has 430 valence electrons. The lowest BCUT2D eigenvalue weighted by Gasteiger charge is -2.54. The van der Waals surface area contributed by atoms with Crippen molar-refractivity contribution in [1.82, 2.24) is 5.32 Å². The fourth-order valence-corrected chi connectivity index (χ4v) is 13.6. The molecule has 83 heavy (non-hydrogen) atoms. The van der Waals surface area contributed by atoms with Crippen LogP contribution in [0.4, 0.5) is 0 Å². The van der Waals surface area contributed by atoms with Gasteiger partial charge in [-0.05, 0) is 153 Å². The summed E-state index contributed by atoms with van der Waals surface area (Å²) in [6.45, 7) is 11.4. The molecule has 3 aliphatic carbocycles. The van der Waals surface area contributed by atoms with Crippen LogP contribution < -0.4 is 5.32 Å². The number of benzene rings is 7. The highest BCUT2D eigenvalue weighted by molar-refractivity contribution is 6.08. The summed E-state index contributed by atoms with van der Waals surface area (Å²) in [5.41, 5.74) is -3.22. The predicted molar refractivity (Wildman–Crippen MR) is 310 cm³/mol. The zero-order chi connectivity index (χ0) is 59.4. The van der Waals surface area contributed by atoms with E-state index in [9.17, 15) is 34.2 Å². The molecule has 15 nitrogen and oxygen atoms in total. The van der Waals surface area contributed by atoms with Crippen LogP contribution in [0, 0.1) is 34.0 Å². The average Bonchev–Trinajstić information content (AvgIpc) is 1.68. The highest BCUT2D eigenvalue weighted by atomic mass is 16.6. The molecule has 0 aromatic heterocycles. The molecule has 1 heterocycles. The summed E-state index contributed by atoms with van der Waals surface area (Å²) in [6, 6.07) is 42.2. The van der Waals surface area contributed by atoms with Crippen molar-refractivity contribution in [2.45, 2.75) is 104 Å². The first-order valence-electron chi connectivity index (χ1n) is 28.1. The van der Waals surface area contributed by atoms with E-state index in [1.165, 1.54) is 19.1 Å². The number of aliphatic hydroxyl groups excluding tert-OH is 1. The molecule has 7 aromatic rings. The second-order valence-electron chi connectivity index (χ2n) is 25.0. The van der Waals surface area contributed by atoms with E-state index in [1.807, 2.05) is 97.1 Å². The number of carbonyl (C=O) groups is 7. The fourth-order valence-electron chi connectivity index (χ4n) is 13.6. The number of fused-ring (bicyclic) bond motifs is 3. The van der Waals surface area contributed by atoms with Crippen molar-refractivity contribution in [3.05, 3.63) is 173 Å². The number of rotatable bonds is 19. The number of carbonyl (C=O) groups excluding carboxylic acids is 7. The maximum absolute atomic E-state index is 15.9. The first kappa shape index (κ1) is 57.8. The minimum Gasteiger partial charge on any atom is -0.508 e. The summed E-state index contributed by atoms with van der Waals surface area (Å²) < 4.78 is 30.0. The molecule has 1 aliphatic heterocycles. The van der Waals surface area contributed by atoms with E-state index in [2.05, 4.69) is 11.4 Å². The number of hydrogen-bond donors (Lipinski definition) is 3. The van der Waals surface area contributed by atoms with Crippen LogP contribution in [0.5, 0.6) is 5.75 Å². The summed E-state index contributed by atoms with van der Waals surface area (Å²) in [5.74, 6) is -7.83. The van der Waals surface area contributed by atoms with Crippen LogP contribution in [0.25, 0.3) is 32.3 Å². The van der Waals surface area contributed by atoms with Gasteiger partial charge >= 0.3 is 29.8 Å². The standard InChI is InChI=1S/C68H69NO14/c1-39(59(74)83-64(2,3)4)32-66(7,62(77)80-34-46(71)33-79-60(75)44-26-25-41-31-45(70)28-27-40(41)29-44)37-67(8,36-65(5,6)61(76)81-35-51-47-19-11-9-17-42(47)30-43-18-10-12-20-48(43)51)63(78)82-38-68-52-23-15-13-21-49(52)54(50-22-14-16-24-53(50)68)55-56(68)58(73)69-57(55)72/h9-31,39,46,54-56,70-71H,32-38H2,1-8H3,(H,69,72,73). The molecule has 1 saturated heterocycles. The normalized spacial score (nSPS) is 20.2. The molecule has 2 bridgehead atoms. The van der Waals surface area contributed by atoms with E-state index in [4.69, 9.17) is 23.7 Å². The molecular formula is C68H69NO14. The lowest BCUT2D eigenvalue weighted by atomic mass is 9.47. The van der Waals surface area contributed by atoms with Crippen molar-refractivity contribution in [3.8, 4) is 5.75 Å². The lowest BCUT2D eigenvalue weighted by Crippen LogP contribution is -2.56. The molecule has 1 fully saturated rings. The first-order valence-corrected chi connectivity index (χ1v) is 28.1. The Labute approximate surface area is 481 Å². The quantitative estimate of drug-likeness (QED) is 0.0297. The van der Waals surface area contributed by atoms with Gasteiger partial charge in [0.25, 0.3) is 0 Å². The maximum atomic E-state index is 15.9. The van der Waals surface area contributed by atoms with Crippen LogP contribution in [0.15, 0.2) is 140 Å². The van der Waals surface area contributed by atoms with Gasteiger partial charge in [-0.3, -0.25) is 34.1 Å². The van der Waals surface area contributed by atoms with Gasteiger partial charge in [0.2, 0.25) is 11.8 Å². The van der Waals surface area contributed by atoms with Gasteiger partial charge < -0.3 is 33.9 Å². The molecule has 0 radical (unpaired) electrons. The smallest absolute Gasteiger partial charge is 0.338 e. The van der Waals surface area contributed by atoms with E-state index in [0.717, 1.165) is 49.4 Å². The third-order valence-electron chi connectivity index (χ3n) is 16.9. The molecule has 2 amide bonds. The largest absolute Gasteiger partial charge is 0.508 e. The number of phenolic OH excluding ortho intramolecular Hbond substituents is 1. The lowest BCUT2D eigenvalue weighted by molar-refractivity contribution is -0.173. The molecule has 0 saturated carbocycles. The number of nitrogens with one attached hydrogen (secondary N) is 1. The van der Waals surface area contributed by atoms with Crippen LogP contribution in [0.1, 0.15) is 119 Å². The topological polar surface area (TPSA) is 218 Å². The molecule has 3 N–H and O–H groups in total. The summed E-state index contributed by atoms with van der Waals surface area (Å²) in [4.78, 5) is 101. The Kier molecular flexibility index (Phi) is 15.4. The Bertz CT molecular complexity index is 3660. The molecule has 4 aliphatic rings. The monoisotopic (exact) mass is 1120 g/mol. The van der Waals surface area contributed by atoms with Gasteiger partial charge in [0.1, 0.15) is 43.9 Å². The Morgan fingerprint density at radius 3 is 1.81 bits per heavy atom. The Hall–Kier alpha value is -8.43. The number of hydrogen-bond acceptors (Lipinski definition) is 14. The van der Waals surface area contributed by atoms with Gasteiger partial charge in [-0.2, -0.15) is 0 Å². The fraction of sp³-hybridized carbons (Fsp3) is 0.368. The number of imide groups is 1. The zero-order valence-corrected chi connectivity index (χ0v) is 47.9. The van der Waals surface area contributed by atoms with E-state index >= 15 is 9.59 Å². The van der Waals surface area contributed by atoms with E-state index in [1.54, 1.807) is 72.7 Å². The van der Waals surface area contributed by atoms with Gasteiger partial charge in [-0.1, -0.05) is 116 Å². The van der Waals surface area contributed by atoms with Crippen molar-refractivity contribution < 1.29 is 67.5 Å². The van der Waals surface area contributed by atoms with Crippen LogP contribution >= 0.6 is 0 Å². The summed E-state index contributed by atoms with van der Waals surface area (Å²) in [7, 11) is 0. The Morgan fingerprint density at radius 2 is 1.17 bits per heavy atom. The molecule has 6 unspecified atom stereocenters.